The third-order valence-corrected chi connectivity index (χ3v) is 5.70. The second-order valence-corrected chi connectivity index (χ2v) is 7.39. The lowest BCUT2D eigenvalue weighted by molar-refractivity contribution is 0.629. The molecule has 0 N–H and O–H groups in total. The fraction of sp³-hybridized carbons (Fsp3) is 0.211. The van der Waals surface area contributed by atoms with Crippen molar-refractivity contribution in [3.63, 3.8) is 0 Å². The highest BCUT2D eigenvalue weighted by Crippen LogP contribution is 2.25. The average Bonchev–Trinajstić information content (AvgIpc) is 2.63. The number of hydrogen-bond donors (Lipinski definition) is 0. The predicted octanol–water partition coefficient (Wildman–Crippen LogP) is 4.38. The van der Waals surface area contributed by atoms with Crippen molar-refractivity contribution in [2.45, 2.75) is 0 Å². The van der Waals surface area contributed by atoms with E-state index in [4.69, 9.17) is 11.6 Å². The summed E-state index contributed by atoms with van der Waals surface area (Å²) in [4.78, 5) is 17.1. The summed E-state index contributed by atoms with van der Waals surface area (Å²) in [6.45, 7) is 3.11. The van der Waals surface area contributed by atoms with Crippen LogP contribution in [0.25, 0.3) is 10.1 Å². The van der Waals surface area contributed by atoms with Crippen molar-refractivity contribution in [3.8, 4) is 0 Å². The molecule has 1 saturated heterocycles. The molecule has 0 saturated carbocycles. The van der Waals surface area contributed by atoms with Crippen molar-refractivity contribution in [1.29, 1.82) is 0 Å². The SMILES string of the molecule is O=c1c(N2CCN(c3cccc(Cl)c3)CC2)csc2ccc(F)cc12. The molecule has 4 rings (SSSR count). The van der Waals surface area contributed by atoms with Crippen LogP contribution in [0.3, 0.4) is 0 Å². The van der Waals surface area contributed by atoms with Gasteiger partial charge in [0.05, 0.1) is 5.69 Å². The Balaban J connectivity index is 1.57. The molecule has 2 aromatic carbocycles. The molecule has 1 fully saturated rings. The minimum Gasteiger partial charge on any atom is -0.368 e. The molecule has 1 aromatic heterocycles. The van der Waals surface area contributed by atoms with Gasteiger partial charge in [-0.05, 0) is 36.4 Å². The minimum atomic E-state index is -0.375. The van der Waals surface area contributed by atoms with Gasteiger partial charge < -0.3 is 9.80 Å². The maximum atomic E-state index is 13.5. The first-order valence-electron chi connectivity index (χ1n) is 8.08. The highest BCUT2D eigenvalue weighted by atomic mass is 35.5. The van der Waals surface area contributed by atoms with Crippen LogP contribution in [0.4, 0.5) is 15.8 Å². The monoisotopic (exact) mass is 374 g/mol. The summed E-state index contributed by atoms with van der Waals surface area (Å²) in [6, 6.07) is 12.2. The molecule has 3 aromatic rings. The zero-order valence-electron chi connectivity index (χ0n) is 13.4. The lowest BCUT2D eigenvalue weighted by Gasteiger charge is -2.37. The van der Waals surface area contributed by atoms with Gasteiger partial charge in [-0.25, -0.2) is 4.39 Å². The lowest BCUT2D eigenvalue weighted by Crippen LogP contribution is -2.47. The quantitative estimate of drug-likeness (QED) is 0.665. The van der Waals surface area contributed by atoms with Gasteiger partial charge in [-0.1, -0.05) is 17.7 Å². The Kier molecular flexibility index (Phi) is 4.36. The Morgan fingerprint density at radius 2 is 1.76 bits per heavy atom. The van der Waals surface area contributed by atoms with Gasteiger partial charge in [-0.15, -0.1) is 11.3 Å². The number of halogens is 2. The van der Waals surface area contributed by atoms with Gasteiger partial charge in [0, 0.05) is 52.4 Å². The summed E-state index contributed by atoms with van der Waals surface area (Å²) >= 11 is 7.55. The normalized spacial score (nSPS) is 15.0. The van der Waals surface area contributed by atoms with Crippen LogP contribution in [0, 0.1) is 5.82 Å². The lowest BCUT2D eigenvalue weighted by atomic mass is 10.2. The smallest absolute Gasteiger partial charge is 0.211 e. The molecule has 1 aliphatic rings. The summed E-state index contributed by atoms with van der Waals surface area (Å²) in [5, 5.41) is 3.07. The Morgan fingerprint density at radius 1 is 1.00 bits per heavy atom. The number of rotatable bonds is 2. The van der Waals surface area contributed by atoms with Crippen LogP contribution < -0.4 is 15.2 Å². The number of anilines is 2. The third-order valence-electron chi connectivity index (χ3n) is 4.51. The van der Waals surface area contributed by atoms with Crippen molar-refractivity contribution in [1.82, 2.24) is 0 Å². The molecule has 0 spiro atoms. The number of hydrogen-bond acceptors (Lipinski definition) is 4. The largest absolute Gasteiger partial charge is 0.368 e. The van der Waals surface area contributed by atoms with Crippen LogP contribution in [0.15, 0.2) is 52.6 Å². The first kappa shape index (κ1) is 16.4. The van der Waals surface area contributed by atoms with Gasteiger partial charge in [-0.3, -0.25) is 4.79 Å². The number of nitrogens with zero attached hydrogens (tertiary/aromatic N) is 2. The Bertz CT molecular complexity index is 983. The maximum absolute atomic E-state index is 13.5. The van der Waals surface area contributed by atoms with E-state index in [1.165, 1.54) is 23.5 Å². The Labute approximate surface area is 153 Å². The van der Waals surface area contributed by atoms with Crippen molar-refractivity contribution in [2.24, 2.45) is 0 Å². The van der Waals surface area contributed by atoms with Gasteiger partial charge in [0.15, 0.2) is 0 Å². The molecular weight excluding hydrogens is 359 g/mol. The topological polar surface area (TPSA) is 23.6 Å². The van der Waals surface area contributed by atoms with Gasteiger partial charge in [-0.2, -0.15) is 0 Å². The second-order valence-electron chi connectivity index (χ2n) is 6.04. The van der Waals surface area contributed by atoms with E-state index in [0.29, 0.717) is 11.1 Å². The molecule has 0 amide bonds. The molecule has 1 aliphatic heterocycles. The number of fused-ring (bicyclic) bond motifs is 1. The van der Waals surface area contributed by atoms with E-state index in [-0.39, 0.29) is 11.2 Å². The molecule has 6 heteroatoms. The van der Waals surface area contributed by atoms with E-state index >= 15 is 0 Å². The van der Waals surface area contributed by atoms with E-state index in [0.717, 1.165) is 41.6 Å². The number of piperazine rings is 1. The summed E-state index contributed by atoms with van der Waals surface area (Å²) in [7, 11) is 0. The van der Waals surface area contributed by atoms with Crippen molar-refractivity contribution in [3.05, 3.63) is 68.9 Å². The van der Waals surface area contributed by atoms with E-state index < -0.39 is 0 Å². The van der Waals surface area contributed by atoms with Gasteiger partial charge >= 0.3 is 0 Å². The Hall–Kier alpha value is -2.11. The van der Waals surface area contributed by atoms with Crippen molar-refractivity contribution >= 4 is 44.4 Å². The molecule has 0 unspecified atom stereocenters. The fourth-order valence-corrected chi connectivity index (χ4v) is 4.29. The fourth-order valence-electron chi connectivity index (χ4n) is 3.19. The molecule has 25 heavy (non-hydrogen) atoms. The maximum Gasteiger partial charge on any atom is 0.211 e. The highest BCUT2D eigenvalue weighted by molar-refractivity contribution is 7.16. The summed E-state index contributed by atoms with van der Waals surface area (Å²) in [5.41, 5.74) is 1.66. The molecule has 128 valence electrons. The summed E-state index contributed by atoms with van der Waals surface area (Å²) in [6.07, 6.45) is 0. The zero-order chi connectivity index (χ0) is 17.4. The van der Waals surface area contributed by atoms with Gasteiger partial charge in [0.25, 0.3) is 0 Å². The van der Waals surface area contributed by atoms with Crippen LogP contribution in [0.2, 0.25) is 5.02 Å². The van der Waals surface area contributed by atoms with Crippen LogP contribution in [0.5, 0.6) is 0 Å². The Morgan fingerprint density at radius 3 is 2.52 bits per heavy atom. The van der Waals surface area contributed by atoms with E-state index in [2.05, 4.69) is 9.80 Å². The highest BCUT2D eigenvalue weighted by Gasteiger charge is 2.20. The molecular formula is C19H16ClFN2OS. The molecule has 0 bridgehead atoms. The molecule has 3 nitrogen and oxygen atoms in total. The predicted molar refractivity (Wildman–Crippen MR) is 104 cm³/mol. The van der Waals surface area contributed by atoms with E-state index in [1.54, 1.807) is 6.07 Å². The first-order chi connectivity index (χ1) is 12.1. The van der Waals surface area contributed by atoms with Crippen LogP contribution in [-0.4, -0.2) is 26.2 Å². The summed E-state index contributed by atoms with van der Waals surface area (Å²) < 4.78 is 14.3. The number of benzene rings is 2. The average molecular weight is 375 g/mol. The van der Waals surface area contributed by atoms with Crippen molar-refractivity contribution in [2.75, 3.05) is 36.0 Å². The van der Waals surface area contributed by atoms with Crippen LogP contribution in [0.1, 0.15) is 0 Å². The van der Waals surface area contributed by atoms with E-state index in [9.17, 15) is 9.18 Å². The van der Waals surface area contributed by atoms with Crippen molar-refractivity contribution < 1.29 is 4.39 Å². The van der Waals surface area contributed by atoms with E-state index in [1.807, 2.05) is 29.6 Å². The zero-order valence-corrected chi connectivity index (χ0v) is 15.0. The first-order valence-corrected chi connectivity index (χ1v) is 9.34. The molecule has 2 heterocycles. The summed E-state index contributed by atoms with van der Waals surface area (Å²) in [5.74, 6) is -0.375. The van der Waals surface area contributed by atoms with Gasteiger partial charge in [0.2, 0.25) is 5.43 Å². The van der Waals surface area contributed by atoms with Gasteiger partial charge in [0.1, 0.15) is 5.82 Å². The standard InChI is InChI=1S/C19H16ClFN2OS/c20-13-2-1-3-15(10-13)22-6-8-23(9-7-22)17-12-25-18-5-4-14(21)11-16(18)19(17)24/h1-5,10-12H,6-9H2. The third kappa shape index (κ3) is 3.22. The minimum absolute atomic E-state index is 0.0931. The molecule has 0 aliphatic carbocycles. The molecule has 0 atom stereocenters. The van der Waals surface area contributed by atoms with Crippen LogP contribution in [-0.2, 0) is 0 Å². The second kappa shape index (κ2) is 6.65. The van der Waals surface area contributed by atoms with Crippen LogP contribution >= 0.6 is 22.9 Å². The molecule has 0 radical (unpaired) electrons.